The zero-order valence-electron chi connectivity index (χ0n) is 13.8. The number of rotatable bonds is 4. The zero-order chi connectivity index (χ0) is 18.8. The Hall–Kier alpha value is -4.14. The van der Waals surface area contributed by atoms with Crippen molar-refractivity contribution in [2.45, 2.75) is 0 Å². The number of fused-ring (bicyclic) bond motifs is 1. The van der Waals surface area contributed by atoms with Gasteiger partial charge in [0.2, 0.25) is 0 Å². The molecule has 0 aliphatic rings. The molecule has 0 aliphatic carbocycles. The van der Waals surface area contributed by atoms with E-state index in [1.54, 1.807) is 42.6 Å². The predicted molar refractivity (Wildman–Crippen MR) is 98.2 cm³/mol. The summed E-state index contributed by atoms with van der Waals surface area (Å²) in [4.78, 5) is 38.3. The second kappa shape index (κ2) is 6.64. The number of nitrogens with one attached hydrogen (secondary N) is 2. The summed E-state index contributed by atoms with van der Waals surface area (Å²) in [5, 5.41) is 13.4. The van der Waals surface area contributed by atoms with Crippen LogP contribution in [-0.4, -0.2) is 30.8 Å². The summed E-state index contributed by atoms with van der Waals surface area (Å²) >= 11 is 0. The molecule has 4 rings (SSSR count). The van der Waals surface area contributed by atoms with Crippen LogP contribution in [-0.2, 0) is 0 Å². The maximum atomic E-state index is 12.3. The van der Waals surface area contributed by atoms with E-state index in [-0.39, 0.29) is 11.4 Å². The van der Waals surface area contributed by atoms with Crippen LogP contribution in [0.3, 0.4) is 0 Å². The summed E-state index contributed by atoms with van der Waals surface area (Å²) in [6.07, 6.45) is 3.10. The minimum absolute atomic E-state index is 0.00464. The zero-order valence-corrected chi connectivity index (χ0v) is 13.8. The number of benzene rings is 1. The van der Waals surface area contributed by atoms with Crippen molar-refractivity contribution < 1.29 is 9.72 Å². The maximum absolute atomic E-state index is 12.3. The molecule has 0 saturated carbocycles. The highest BCUT2D eigenvalue weighted by atomic mass is 16.6. The van der Waals surface area contributed by atoms with Crippen molar-refractivity contribution in [2.75, 3.05) is 5.32 Å². The Morgan fingerprint density at radius 1 is 1.11 bits per heavy atom. The van der Waals surface area contributed by atoms with Gasteiger partial charge in [-0.05, 0) is 30.3 Å². The Morgan fingerprint density at radius 2 is 1.93 bits per heavy atom. The van der Waals surface area contributed by atoms with Gasteiger partial charge in [-0.2, -0.15) is 0 Å². The van der Waals surface area contributed by atoms with Gasteiger partial charge >= 0.3 is 0 Å². The fraction of sp³-hybridized carbons (Fsp3) is 0. The van der Waals surface area contributed by atoms with Gasteiger partial charge in [-0.1, -0.05) is 6.07 Å². The van der Waals surface area contributed by atoms with E-state index in [0.29, 0.717) is 28.2 Å². The van der Waals surface area contributed by atoms with Crippen LogP contribution in [0.5, 0.6) is 0 Å². The molecule has 0 unspecified atom stereocenters. The van der Waals surface area contributed by atoms with Crippen LogP contribution >= 0.6 is 0 Å². The number of aromatic amines is 1. The smallest absolute Gasteiger partial charge is 0.275 e. The number of hydrogen-bond donors (Lipinski definition) is 2. The van der Waals surface area contributed by atoms with Crippen LogP contribution in [0.2, 0.25) is 0 Å². The van der Waals surface area contributed by atoms with Gasteiger partial charge in [0.25, 0.3) is 11.6 Å². The Bertz CT molecular complexity index is 1140. The first-order valence-electron chi connectivity index (χ1n) is 7.93. The van der Waals surface area contributed by atoms with Crippen molar-refractivity contribution in [3.63, 3.8) is 0 Å². The molecular formula is C18H12N6O3. The molecule has 4 aromatic rings. The van der Waals surface area contributed by atoms with Crippen molar-refractivity contribution in [2.24, 2.45) is 0 Å². The van der Waals surface area contributed by atoms with Crippen LogP contribution in [0.25, 0.3) is 22.4 Å². The number of carbonyl (C=O) groups excluding carboxylic acids is 1. The molecule has 9 nitrogen and oxygen atoms in total. The Morgan fingerprint density at radius 3 is 2.63 bits per heavy atom. The number of aromatic nitrogens is 4. The van der Waals surface area contributed by atoms with E-state index < -0.39 is 10.8 Å². The summed E-state index contributed by atoms with van der Waals surface area (Å²) in [5.74, 6) is 0.567. The number of nitro benzene ring substituents is 1. The van der Waals surface area contributed by atoms with Gasteiger partial charge in [-0.15, -0.1) is 0 Å². The first-order chi connectivity index (χ1) is 13.1. The van der Waals surface area contributed by atoms with E-state index in [4.69, 9.17) is 0 Å². The Labute approximate surface area is 152 Å². The quantitative estimate of drug-likeness (QED) is 0.425. The molecule has 27 heavy (non-hydrogen) atoms. The molecule has 3 heterocycles. The largest absolute Gasteiger partial charge is 0.337 e. The van der Waals surface area contributed by atoms with E-state index in [1.165, 1.54) is 18.3 Å². The van der Waals surface area contributed by atoms with Crippen molar-refractivity contribution in [1.29, 1.82) is 0 Å². The summed E-state index contributed by atoms with van der Waals surface area (Å²) in [6.45, 7) is 0. The topological polar surface area (TPSA) is 127 Å². The molecule has 1 aromatic carbocycles. The molecule has 9 heteroatoms. The summed E-state index contributed by atoms with van der Waals surface area (Å²) in [6, 6.07) is 12.8. The minimum Gasteiger partial charge on any atom is -0.337 e. The number of nitrogens with zero attached hydrogens (tertiary/aromatic N) is 4. The van der Waals surface area contributed by atoms with Gasteiger partial charge in [0, 0.05) is 23.9 Å². The van der Waals surface area contributed by atoms with Gasteiger partial charge in [-0.25, -0.2) is 15.0 Å². The Kier molecular flexibility index (Phi) is 4.01. The Balaban J connectivity index is 1.61. The van der Waals surface area contributed by atoms with E-state index in [9.17, 15) is 14.9 Å². The van der Waals surface area contributed by atoms with Gasteiger partial charge in [0.05, 0.1) is 22.2 Å². The highest BCUT2D eigenvalue weighted by molar-refractivity contribution is 6.03. The normalized spacial score (nSPS) is 10.7. The monoisotopic (exact) mass is 360 g/mol. The molecule has 0 spiro atoms. The van der Waals surface area contributed by atoms with Crippen LogP contribution in [0.4, 0.5) is 11.5 Å². The fourth-order valence-corrected chi connectivity index (χ4v) is 2.53. The number of H-pyrrole nitrogens is 1. The van der Waals surface area contributed by atoms with Gasteiger partial charge < -0.3 is 10.3 Å². The van der Waals surface area contributed by atoms with E-state index in [1.807, 2.05) is 0 Å². The number of imidazole rings is 1. The standard InChI is InChI=1S/C18H12N6O3/c25-18(23-16-3-1-2-8-19-16)14-9-13-15(10-20-14)22-17(21-13)11-4-6-12(7-5-11)24(26)27/h1-10H,(H,21,22)(H,19,23,25). The van der Waals surface area contributed by atoms with E-state index in [2.05, 4.69) is 25.3 Å². The molecule has 0 radical (unpaired) electrons. The van der Waals surface area contributed by atoms with Crippen LogP contribution in [0.1, 0.15) is 10.5 Å². The van der Waals surface area contributed by atoms with Gasteiger partial charge in [0.1, 0.15) is 17.3 Å². The number of non-ortho nitro benzene ring substituents is 1. The highest BCUT2D eigenvalue weighted by Gasteiger charge is 2.13. The van der Waals surface area contributed by atoms with E-state index >= 15 is 0 Å². The van der Waals surface area contributed by atoms with Crippen LogP contribution < -0.4 is 5.32 Å². The molecular weight excluding hydrogens is 348 g/mol. The third kappa shape index (κ3) is 3.33. The fourth-order valence-electron chi connectivity index (χ4n) is 2.53. The third-order valence-corrected chi connectivity index (χ3v) is 3.86. The molecule has 0 atom stereocenters. The summed E-state index contributed by atoms with van der Waals surface area (Å²) < 4.78 is 0. The SMILES string of the molecule is O=C(Nc1ccccn1)c1cc2nc(-c3ccc([N+](=O)[O-])cc3)[nH]c2cn1. The average molecular weight is 360 g/mol. The number of carbonyl (C=O) groups is 1. The number of amides is 1. The number of pyridine rings is 2. The number of hydrogen-bond acceptors (Lipinski definition) is 6. The molecule has 0 bridgehead atoms. The van der Waals surface area contributed by atoms with Crippen molar-refractivity contribution in [3.05, 3.63) is 76.7 Å². The summed E-state index contributed by atoms with van der Waals surface area (Å²) in [7, 11) is 0. The minimum atomic E-state index is -0.460. The maximum Gasteiger partial charge on any atom is 0.275 e. The molecule has 1 amide bonds. The average Bonchev–Trinajstić information content (AvgIpc) is 3.12. The first kappa shape index (κ1) is 16.3. The van der Waals surface area contributed by atoms with Crippen LogP contribution in [0, 0.1) is 10.1 Å². The summed E-state index contributed by atoms with van der Waals surface area (Å²) in [5.41, 5.74) is 2.11. The number of nitro groups is 1. The lowest BCUT2D eigenvalue weighted by atomic mass is 10.2. The highest BCUT2D eigenvalue weighted by Crippen LogP contribution is 2.23. The molecule has 132 valence electrons. The van der Waals surface area contributed by atoms with Crippen molar-refractivity contribution >= 4 is 28.4 Å². The lowest BCUT2D eigenvalue weighted by Gasteiger charge is -2.02. The van der Waals surface area contributed by atoms with Crippen LogP contribution in [0.15, 0.2) is 60.9 Å². The molecule has 3 aromatic heterocycles. The lowest BCUT2D eigenvalue weighted by Crippen LogP contribution is -2.14. The van der Waals surface area contributed by atoms with Crippen molar-refractivity contribution in [1.82, 2.24) is 19.9 Å². The molecule has 0 aliphatic heterocycles. The van der Waals surface area contributed by atoms with E-state index in [0.717, 1.165) is 0 Å². The number of anilines is 1. The van der Waals surface area contributed by atoms with Gasteiger partial charge in [0.15, 0.2) is 0 Å². The second-order valence-corrected chi connectivity index (χ2v) is 5.65. The molecule has 0 saturated heterocycles. The van der Waals surface area contributed by atoms with Gasteiger partial charge in [-0.3, -0.25) is 14.9 Å². The molecule has 0 fully saturated rings. The van der Waals surface area contributed by atoms with Crippen molar-refractivity contribution in [3.8, 4) is 11.4 Å². The predicted octanol–water partition coefficient (Wildman–Crippen LogP) is 3.18. The lowest BCUT2D eigenvalue weighted by molar-refractivity contribution is -0.384. The first-order valence-corrected chi connectivity index (χ1v) is 7.93. The molecule has 2 N–H and O–H groups in total. The second-order valence-electron chi connectivity index (χ2n) is 5.65. The third-order valence-electron chi connectivity index (χ3n) is 3.86.